The Morgan fingerprint density at radius 2 is 2.38 bits per heavy atom. The summed E-state index contributed by atoms with van der Waals surface area (Å²) in [6.07, 6.45) is 6.57. The Labute approximate surface area is 77.4 Å². The molecule has 0 saturated heterocycles. The summed E-state index contributed by atoms with van der Waals surface area (Å²) in [7, 11) is 0. The van der Waals surface area contributed by atoms with E-state index in [1.54, 1.807) is 6.20 Å². The maximum absolute atomic E-state index is 11.3. The van der Waals surface area contributed by atoms with Crippen LogP contribution in [0.3, 0.4) is 0 Å². The van der Waals surface area contributed by atoms with E-state index in [1.165, 1.54) is 12.4 Å². The molecule has 0 fully saturated rings. The number of carbonyl (C=O) groups is 1. The molecule has 0 saturated carbocycles. The molecule has 13 heavy (non-hydrogen) atoms. The molecule has 1 amide bonds. The fourth-order valence-electron chi connectivity index (χ4n) is 0.886. The van der Waals surface area contributed by atoms with Gasteiger partial charge in [0.05, 0.1) is 6.20 Å². The fourth-order valence-corrected chi connectivity index (χ4v) is 0.886. The van der Waals surface area contributed by atoms with Gasteiger partial charge in [-0.3, -0.25) is 9.78 Å². The van der Waals surface area contributed by atoms with Gasteiger partial charge in [0.2, 0.25) is 0 Å². The van der Waals surface area contributed by atoms with E-state index in [1.807, 2.05) is 0 Å². The smallest absolute Gasteiger partial charge is 0.271 e. The zero-order chi connectivity index (χ0) is 9.52. The summed E-state index contributed by atoms with van der Waals surface area (Å²) in [6, 6.07) is 0. The minimum absolute atomic E-state index is 0.151. The van der Waals surface area contributed by atoms with E-state index in [9.17, 15) is 4.79 Å². The first-order valence-electron chi connectivity index (χ1n) is 4.38. The molecule has 0 aromatic carbocycles. The van der Waals surface area contributed by atoms with Gasteiger partial charge in [0.15, 0.2) is 0 Å². The highest BCUT2D eigenvalue weighted by molar-refractivity contribution is 5.91. The topological polar surface area (TPSA) is 54.9 Å². The molecule has 0 unspecified atom stereocenters. The van der Waals surface area contributed by atoms with Crippen LogP contribution in [0.25, 0.3) is 0 Å². The van der Waals surface area contributed by atoms with Gasteiger partial charge in [0.25, 0.3) is 5.91 Å². The molecule has 0 spiro atoms. The average molecular weight is 179 g/mol. The van der Waals surface area contributed by atoms with Crippen molar-refractivity contribution in [1.29, 1.82) is 0 Å². The molecule has 0 aliphatic rings. The number of hydrogen-bond donors (Lipinski definition) is 1. The van der Waals surface area contributed by atoms with E-state index in [2.05, 4.69) is 22.2 Å². The molecule has 0 aliphatic carbocycles. The number of amides is 1. The van der Waals surface area contributed by atoms with Crippen LogP contribution in [0.15, 0.2) is 18.6 Å². The number of rotatable bonds is 4. The van der Waals surface area contributed by atoms with E-state index in [0.717, 1.165) is 12.8 Å². The third-order valence-corrected chi connectivity index (χ3v) is 1.61. The predicted octanol–water partition coefficient (Wildman–Crippen LogP) is 1.01. The van der Waals surface area contributed by atoms with Crippen molar-refractivity contribution in [2.75, 3.05) is 6.54 Å². The van der Waals surface area contributed by atoms with Crippen LogP contribution in [0.4, 0.5) is 0 Å². The van der Waals surface area contributed by atoms with Gasteiger partial charge in [0, 0.05) is 18.9 Å². The summed E-state index contributed by atoms with van der Waals surface area (Å²) in [6.45, 7) is 2.78. The van der Waals surface area contributed by atoms with E-state index in [-0.39, 0.29) is 5.91 Å². The lowest BCUT2D eigenvalue weighted by atomic mass is 10.3. The van der Waals surface area contributed by atoms with Crippen molar-refractivity contribution in [2.45, 2.75) is 19.8 Å². The van der Waals surface area contributed by atoms with Gasteiger partial charge in [-0.15, -0.1) is 0 Å². The molecule has 0 bridgehead atoms. The molecular formula is C9H13N3O. The third-order valence-electron chi connectivity index (χ3n) is 1.61. The molecule has 1 rings (SSSR count). The SMILES string of the molecule is CCCCNC(=O)c1cnccn1. The first-order valence-corrected chi connectivity index (χ1v) is 4.38. The van der Waals surface area contributed by atoms with E-state index in [0.29, 0.717) is 12.2 Å². The summed E-state index contributed by atoms with van der Waals surface area (Å²) in [5.41, 5.74) is 0.374. The summed E-state index contributed by atoms with van der Waals surface area (Å²) >= 11 is 0. The summed E-state index contributed by atoms with van der Waals surface area (Å²) in [5.74, 6) is -0.151. The van der Waals surface area contributed by atoms with Gasteiger partial charge in [-0.2, -0.15) is 0 Å². The first-order chi connectivity index (χ1) is 6.34. The number of carbonyl (C=O) groups excluding carboxylic acids is 1. The Balaban J connectivity index is 2.40. The van der Waals surface area contributed by atoms with Crippen molar-refractivity contribution in [2.24, 2.45) is 0 Å². The molecule has 4 heteroatoms. The van der Waals surface area contributed by atoms with Gasteiger partial charge >= 0.3 is 0 Å². The van der Waals surface area contributed by atoms with E-state index < -0.39 is 0 Å². The van der Waals surface area contributed by atoms with E-state index >= 15 is 0 Å². The standard InChI is InChI=1S/C9H13N3O/c1-2-3-4-12-9(13)8-7-10-5-6-11-8/h5-7H,2-4H2,1H3,(H,12,13). The normalized spacial score (nSPS) is 9.62. The van der Waals surface area contributed by atoms with Crippen molar-refractivity contribution in [1.82, 2.24) is 15.3 Å². The number of nitrogens with zero attached hydrogens (tertiary/aromatic N) is 2. The fraction of sp³-hybridized carbons (Fsp3) is 0.444. The monoisotopic (exact) mass is 179 g/mol. The molecule has 4 nitrogen and oxygen atoms in total. The van der Waals surface area contributed by atoms with Crippen LogP contribution < -0.4 is 5.32 Å². The molecule has 0 atom stereocenters. The Hall–Kier alpha value is -1.45. The Morgan fingerprint density at radius 1 is 1.54 bits per heavy atom. The maximum Gasteiger partial charge on any atom is 0.271 e. The van der Waals surface area contributed by atoms with Gasteiger partial charge in [0.1, 0.15) is 5.69 Å². The Bertz CT molecular complexity index is 261. The zero-order valence-corrected chi connectivity index (χ0v) is 7.66. The lowest BCUT2D eigenvalue weighted by Crippen LogP contribution is -2.25. The van der Waals surface area contributed by atoms with Crippen LogP contribution in [0, 0.1) is 0 Å². The van der Waals surface area contributed by atoms with Crippen molar-refractivity contribution >= 4 is 5.91 Å². The highest BCUT2D eigenvalue weighted by Gasteiger charge is 2.04. The number of nitrogens with one attached hydrogen (secondary N) is 1. The molecule has 0 radical (unpaired) electrons. The average Bonchev–Trinajstić information content (AvgIpc) is 2.19. The Morgan fingerprint density at radius 3 is 3.00 bits per heavy atom. The largest absolute Gasteiger partial charge is 0.351 e. The number of unbranched alkanes of at least 4 members (excludes halogenated alkanes) is 1. The van der Waals surface area contributed by atoms with Gasteiger partial charge in [-0.1, -0.05) is 13.3 Å². The van der Waals surface area contributed by atoms with Gasteiger partial charge in [-0.05, 0) is 6.42 Å². The molecule has 1 aromatic rings. The Kier molecular flexibility index (Phi) is 3.88. The van der Waals surface area contributed by atoms with Crippen LogP contribution in [-0.2, 0) is 0 Å². The van der Waals surface area contributed by atoms with Crippen LogP contribution in [-0.4, -0.2) is 22.4 Å². The summed E-state index contributed by atoms with van der Waals surface area (Å²) in [4.78, 5) is 19.0. The number of hydrogen-bond acceptors (Lipinski definition) is 3. The highest BCUT2D eigenvalue weighted by atomic mass is 16.1. The minimum atomic E-state index is -0.151. The minimum Gasteiger partial charge on any atom is -0.351 e. The molecular weight excluding hydrogens is 166 g/mol. The van der Waals surface area contributed by atoms with Crippen molar-refractivity contribution in [3.05, 3.63) is 24.3 Å². The third kappa shape index (κ3) is 3.19. The van der Waals surface area contributed by atoms with Gasteiger partial charge < -0.3 is 5.32 Å². The second kappa shape index (κ2) is 5.24. The summed E-state index contributed by atoms with van der Waals surface area (Å²) in [5, 5.41) is 2.76. The molecule has 1 N–H and O–H groups in total. The predicted molar refractivity (Wildman–Crippen MR) is 49.3 cm³/mol. The molecule has 70 valence electrons. The maximum atomic E-state index is 11.3. The first kappa shape index (κ1) is 9.64. The lowest BCUT2D eigenvalue weighted by molar-refractivity contribution is 0.0948. The quantitative estimate of drug-likeness (QED) is 0.702. The second-order valence-electron chi connectivity index (χ2n) is 2.70. The van der Waals surface area contributed by atoms with Crippen LogP contribution >= 0.6 is 0 Å². The van der Waals surface area contributed by atoms with Gasteiger partial charge in [-0.25, -0.2) is 4.98 Å². The van der Waals surface area contributed by atoms with Crippen LogP contribution in [0.2, 0.25) is 0 Å². The lowest BCUT2D eigenvalue weighted by Gasteiger charge is -2.01. The van der Waals surface area contributed by atoms with Crippen molar-refractivity contribution in [3.8, 4) is 0 Å². The molecule has 1 heterocycles. The zero-order valence-electron chi connectivity index (χ0n) is 7.66. The second-order valence-corrected chi connectivity index (χ2v) is 2.70. The van der Waals surface area contributed by atoms with E-state index in [4.69, 9.17) is 0 Å². The van der Waals surface area contributed by atoms with Crippen molar-refractivity contribution in [3.63, 3.8) is 0 Å². The van der Waals surface area contributed by atoms with Crippen molar-refractivity contribution < 1.29 is 4.79 Å². The highest BCUT2D eigenvalue weighted by Crippen LogP contribution is 1.90. The number of aromatic nitrogens is 2. The van der Waals surface area contributed by atoms with Crippen LogP contribution in [0.1, 0.15) is 30.3 Å². The molecule has 0 aliphatic heterocycles. The molecule has 1 aromatic heterocycles. The van der Waals surface area contributed by atoms with Crippen LogP contribution in [0.5, 0.6) is 0 Å². The summed E-state index contributed by atoms with van der Waals surface area (Å²) < 4.78 is 0.